The van der Waals surface area contributed by atoms with Crippen LogP contribution in [0.5, 0.6) is 0 Å². The number of hydrogen-bond acceptors (Lipinski definition) is 4. The predicted molar refractivity (Wildman–Crippen MR) is 77.9 cm³/mol. The molecule has 0 aliphatic carbocycles. The molecule has 4 N–H and O–H groups in total. The number of ether oxygens (including phenoxy) is 1. The monoisotopic (exact) mass is 299 g/mol. The first kappa shape index (κ1) is 16.4. The van der Waals surface area contributed by atoms with E-state index in [2.05, 4.69) is 10.6 Å². The van der Waals surface area contributed by atoms with Crippen LogP contribution in [0.4, 0.5) is 5.69 Å². The molecule has 6 nitrogen and oxygen atoms in total. The van der Waals surface area contributed by atoms with Gasteiger partial charge >= 0.3 is 0 Å². The Morgan fingerprint density at radius 3 is 2.75 bits per heavy atom. The molecule has 1 atom stereocenters. The number of carbonyl (C=O) groups excluding carboxylic acids is 2. The van der Waals surface area contributed by atoms with Gasteiger partial charge < -0.3 is 21.1 Å². The van der Waals surface area contributed by atoms with Crippen LogP contribution in [0.2, 0.25) is 5.02 Å². The molecule has 1 unspecified atom stereocenters. The Morgan fingerprint density at radius 1 is 1.45 bits per heavy atom. The molecule has 0 spiro atoms. The summed E-state index contributed by atoms with van der Waals surface area (Å²) in [4.78, 5) is 23.8. The first-order valence-electron chi connectivity index (χ1n) is 6.12. The lowest BCUT2D eigenvalue weighted by molar-refractivity contribution is -0.118. The highest BCUT2D eigenvalue weighted by molar-refractivity contribution is 6.31. The van der Waals surface area contributed by atoms with Gasteiger partial charge in [-0.25, -0.2) is 0 Å². The summed E-state index contributed by atoms with van der Waals surface area (Å²) in [6, 6.07) is 3.83. The van der Waals surface area contributed by atoms with E-state index in [0.717, 1.165) is 0 Å². The molecule has 0 bridgehead atoms. The molecule has 0 aliphatic heterocycles. The van der Waals surface area contributed by atoms with Gasteiger partial charge in [0.25, 0.3) is 5.91 Å². The van der Waals surface area contributed by atoms with E-state index in [1.54, 1.807) is 19.1 Å². The summed E-state index contributed by atoms with van der Waals surface area (Å²) < 4.78 is 4.81. The molecule has 0 fully saturated rings. The van der Waals surface area contributed by atoms with Crippen molar-refractivity contribution >= 4 is 29.1 Å². The maximum absolute atomic E-state index is 11.9. The van der Waals surface area contributed by atoms with Crippen molar-refractivity contribution in [1.29, 1.82) is 0 Å². The van der Waals surface area contributed by atoms with E-state index in [1.165, 1.54) is 13.2 Å². The highest BCUT2D eigenvalue weighted by Gasteiger charge is 2.17. The molecule has 0 saturated carbocycles. The number of nitrogens with two attached hydrogens (primary N) is 1. The Balaban J connectivity index is 2.94. The molecule has 0 aliphatic rings. The fraction of sp³-hybridized carbons (Fsp3) is 0.385. The van der Waals surface area contributed by atoms with E-state index < -0.39 is 11.9 Å². The molecule has 110 valence electrons. The minimum absolute atomic E-state index is 0.0932. The van der Waals surface area contributed by atoms with Crippen molar-refractivity contribution in [2.45, 2.75) is 13.0 Å². The van der Waals surface area contributed by atoms with Crippen molar-refractivity contribution < 1.29 is 14.3 Å². The molecule has 1 rings (SSSR count). The van der Waals surface area contributed by atoms with Gasteiger partial charge in [0, 0.05) is 18.7 Å². The largest absolute Gasteiger partial charge is 0.383 e. The zero-order valence-corrected chi connectivity index (χ0v) is 12.2. The second-order valence-corrected chi connectivity index (χ2v) is 4.54. The maximum atomic E-state index is 11.9. The minimum Gasteiger partial charge on any atom is -0.383 e. The molecule has 2 amide bonds. The van der Waals surface area contributed by atoms with Crippen molar-refractivity contribution in [3.05, 3.63) is 28.8 Å². The van der Waals surface area contributed by atoms with Crippen LogP contribution < -0.4 is 16.4 Å². The average Bonchev–Trinajstić information content (AvgIpc) is 2.41. The standard InChI is InChI=1S/C13H18ClN3O3/c1-3-16-12(18)9-6-8(14)4-5-11(9)17-13(19)10(15)7-20-2/h4-6,10H,3,7,15H2,1-2H3,(H,16,18)(H,17,19). The minimum atomic E-state index is -0.808. The van der Waals surface area contributed by atoms with Gasteiger partial charge in [-0.2, -0.15) is 0 Å². The average molecular weight is 300 g/mol. The van der Waals surface area contributed by atoms with Crippen LogP contribution in [0.3, 0.4) is 0 Å². The summed E-state index contributed by atoms with van der Waals surface area (Å²) in [6.07, 6.45) is 0. The molecule has 0 radical (unpaired) electrons. The van der Waals surface area contributed by atoms with E-state index in [0.29, 0.717) is 17.3 Å². The molecule has 0 saturated heterocycles. The summed E-state index contributed by atoms with van der Waals surface area (Å²) in [6.45, 7) is 2.37. The van der Waals surface area contributed by atoms with Crippen molar-refractivity contribution in [2.75, 3.05) is 25.6 Å². The van der Waals surface area contributed by atoms with Crippen LogP contribution in [0.1, 0.15) is 17.3 Å². The van der Waals surface area contributed by atoms with E-state index in [-0.39, 0.29) is 18.1 Å². The van der Waals surface area contributed by atoms with Crippen LogP contribution in [0, 0.1) is 0 Å². The van der Waals surface area contributed by atoms with Gasteiger partial charge in [-0.3, -0.25) is 9.59 Å². The van der Waals surface area contributed by atoms with Crippen LogP contribution >= 0.6 is 11.6 Å². The Hall–Kier alpha value is -1.63. The number of rotatable bonds is 6. The second kappa shape index (κ2) is 7.84. The Kier molecular flexibility index (Phi) is 6.44. The number of benzene rings is 1. The number of carbonyl (C=O) groups is 2. The van der Waals surface area contributed by atoms with Crippen LogP contribution in [-0.4, -0.2) is 38.1 Å². The number of amides is 2. The van der Waals surface area contributed by atoms with Gasteiger partial charge in [0.2, 0.25) is 5.91 Å². The number of methoxy groups -OCH3 is 1. The zero-order valence-electron chi connectivity index (χ0n) is 11.4. The summed E-state index contributed by atoms with van der Waals surface area (Å²) in [5.41, 5.74) is 6.27. The number of nitrogens with one attached hydrogen (secondary N) is 2. The second-order valence-electron chi connectivity index (χ2n) is 4.10. The number of hydrogen-bond donors (Lipinski definition) is 3. The summed E-state index contributed by atoms with van der Waals surface area (Å²) in [5.74, 6) is -0.745. The molecule has 20 heavy (non-hydrogen) atoms. The lowest BCUT2D eigenvalue weighted by Gasteiger charge is -2.14. The van der Waals surface area contributed by atoms with Crippen LogP contribution in [0.25, 0.3) is 0 Å². The molecule has 0 heterocycles. The van der Waals surface area contributed by atoms with Gasteiger partial charge in [0.15, 0.2) is 0 Å². The van der Waals surface area contributed by atoms with Gasteiger partial charge in [0.1, 0.15) is 6.04 Å². The maximum Gasteiger partial charge on any atom is 0.253 e. The number of anilines is 1. The van der Waals surface area contributed by atoms with Gasteiger partial charge in [-0.15, -0.1) is 0 Å². The van der Waals surface area contributed by atoms with Gasteiger partial charge in [-0.1, -0.05) is 11.6 Å². The molecular formula is C13H18ClN3O3. The van der Waals surface area contributed by atoms with E-state index in [9.17, 15) is 9.59 Å². The zero-order chi connectivity index (χ0) is 15.1. The van der Waals surface area contributed by atoms with E-state index >= 15 is 0 Å². The van der Waals surface area contributed by atoms with E-state index in [4.69, 9.17) is 22.1 Å². The molecule has 1 aromatic rings. The third-order valence-corrected chi connectivity index (χ3v) is 2.74. The van der Waals surface area contributed by atoms with Gasteiger partial charge in [-0.05, 0) is 25.1 Å². The smallest absolute Gasteiger partial charge is 0.253 e. The Labute approximate surface area is 122 Å². The lowest BCUT2D eigenvalue weighted by atomic mass is 10.1. The summed E-state index contributed by atoms with van der Waals surface area (Å²) in [5, 5.41) is 5.66. The molecule has 1 aromatic carbocycles. The topological polar surface area (TPSA) is 93.5 Å². The first-order chi connectivity index (χ1) is 9.49. The highest BCUT2D eigenvalue weighted by atomic mass is 35.5. The van der Waals surface area contributed by atoms with Crippen molar-refractivity contribution in [3.63, 3.8) is 0 Å². The molecule has 7 heteroatoms. The van der Waals surface area contributed by atoms with Crippen molar-refractivity contribution in [3.8, 4) is 0 Å². The third-order valence-electron chi connectivity index (χ3n) is 2.50. The molecular weight excluding hydrogens is 282 g/mol. The quantitative estimate of drug-likeness (QED) is 0.730. The van der Waals surface area contributed by atoms with Crippen molar-refractivity contribution in [2.24, 2.45) is 5.73 Å². The molecule has 0 aromatic heterocycles. The third kappa shape index (κ3) is 4.48. The Morgan fingerprint density at radius 2 is 2.15 bits per heavy atom. The first-order valence-corrected chi connectivity index (χ1v) is 6.50. The SMILES string of the molecule is CCNC(=O)c1cc(Cl)ccc1NC(=O)C(N)COC. The van der Waals surface area contributed by atoms with Crippen LogP contribution in [0.15, 0.2) is 18.2 Å². The predicted octanol–water partition coefficient (Wildman–Crippen LogP) is 1.00. The van der Waals surface area contributed by atoms with Gasteiger partial charge in [0.05, 0.1) is 17.9 Å². The highest BCUT2D eigenvalue weighted by Crippen LogP contribution is 2.21. The van der Waals surface area contributed by atoms with Crippen LogP contribution in [-0.2, 0) is 9.53 Å². The normalized spacial score (nSPS) is 11.8. The lowest BCUT2D eigenvalue weighted by Crippen LogP contribution is -2.39. The van der Waals surface area contributed by atoms with E-state index in [1.807, 2.05) is 0 Å². The fourth-order valence-electron chi connectivity index (χ4n) is 1.55. The van der Waals surface area contributed by atoms with Crippen molar-refractivity contribution in [1.82, 2.24) is 5.32 Å². The Bertz CT molecular complexity index is 494. The summed E-state index contributed by atoms with van der Waals surface area (Å²) >= 11 is 5.87. The summed E-state index contributed by atoms with van der Waals surface area (Å²) in [7, 11) is 1.45. The number of halogens is 1. The fourth-order valence-corrected chi connectivity index (χ4v) is 1.72.